The van der Waals surface area contributed by atoms with Crippen LogP contribution in [0.4, 0.5) is 0 Å². The summed E-state index contributed by atoms with van der Waals surface area (Å²) >= 11 is 6.85. The average molecular weight is 295 g/mol. The van der Waals surface area contributed by atoms with Crippen molar-refractivity contribution < 1.29 is 0 Å². The molecule has 0 spiro atoms. The number of rotatable bonds is 3. The maximum Gasteiger partial charge on any atom is 0.0844 e. The molecule has 21 heavy (non-hydrogen) atoms. The highest BCUT2D eigenvalue weighted by Crippen LogP contribution is 2.36. The highest BCUT2D eigenvalue weighted by atomic mass is 35.5. The molecule has 1 heteroatoms. The fraction of sp³-hybridized carbons (Fsp3) is 0.200. The molecule has 0 amide bonds. The van der Waals surface area contributed by atoms with Gasteiger partial charge in [-0.1, -0.05) is 67.6 Å². The van der Waals surface area contributed by atoms with Gasteiger partial charge in [0.15, 0.2) is 0 Å². The lowest BCUT2D eigenvalue weighted by molar-refractivity contribution is 1.04. The van der Waals surface area contributed by atoms with E-state index in [0.29, 0.717) is 0 Å². The van der Waals surface area contributed by atoms with Crippen LogP contribution in [0.1, 0.15) is 34.6 Å². The lowest BCUT2D eigenvalue weighted by Crippen LogP contribution is -1.99. The molecule has 0 saturated carbocycles. The van der Waals surface area contributed by atoms with E-state index < -0.39 is 0 Å². The van der Waals surface area contributed by atoms with E-state index in [1.165, 1.54) is 33.0 Å². The molecule has 0 heterocycles. The second kappa shape index (κ2) is 5.91. The van der Waals surface area contributed by atoms with Crippen LogP contribution in [0.25, 0.3) is 10.8 Å². The Bertz CT molecular complexity index is 774. The zero-order valence-electron chi connectivity index (χ0n) is 12.4. The smallest absolute Gasteiger partial charge is 0.0844 e. The van der Waals surface area contributed by atoms with Crippen LogP contribution in [0.15, 0.2) is 60.7 Å². The molecule has 0 aliphatic heterocycles. The quantitative estimate of drug-likeness (QED) is 0.517. The lowest BCUT2D eigenvalue weighted by Gasteiger charge is -2.17. The number of fused-ring (bicyclic) bond motifs is 1. The van der Waals surface area contributed by atoms with Crippen molar-refractivity contribution in [2.75, 3.05) is 0 Å². The lowest BCUT2D eigenvalue weighted by atomic mass is 9.93. The zero-order chi connectivity index (χ0) is 14.8. The van der Waals surface area contributed by atoms with Gasteiger partial charge in [0, 0.05) is 0 Å². The minimum atomic E-state index is -0.105. The van der Waals surface area contributed by atoms with Gasteiger partial charge in [-0.2, -0.15) is 0 Å². The summed E-state index contributed by atoms with van der Waals surface area (Å²) in [5.41, 5.74) is 5.03. The molecule has 0 fully saturated rings. The van der Waals surface area contributed by atoms with E-state index >= 15 is 0 Å². The summed E-state index contributed by atoms with van der Waals surface area (Å²) in [6.07, 6.45) is 1.00. The van der Waals surface area contributed by atoms with Crippen molar-refractivity contribution in [2.45, 2.75) is 25.6 Å². The normalized spacial score (nSPS) is 12.5. The van der Waals surface area contributed by atoms with Crippen molar-refractivity contribution in [1.29, 1.82) is 0 Å². The van der Waals surface area contributed by atoms with Crippen LogP contribution < -0.4 is 0 Å². The Hall–Kier alpha value is -1.79. The zero-order valence-corrected chi connectivity index (χ0v) is 13.2. The average Bonchev–Trinajstić information content (AvgIpc) is 2.55. The number of benzene rings is 3. The first-order valence-electron chi connectivity index (χ1n) is 7.42. The topological polar surface area (TPSA) is 0 Å². The first-order valence-corrected chi connectivity index (χ1v) is 7.86. The molecule has 0 aromatic heterocycles. The van der Waals surface area contributed by atoms with E-state index in [4.69, 9.17) is 11.6 Å². The Morgan fingerprint density at radius 2 is 1.48 bits per heavy atom. The summed E-state index contributed by atoms with van der Waals surface area (Å²) in [5, 5.41) is 2.43. The summed E-state index contributed by atoms with van der Waals surface area (Å²) in [6.45, 7) is 4.32. The molecule has 0 bridgehead atoms. The summed E-state index contributed by atoms with van der Waals surface area (Å²) in [5.74, 6) is 0. The minimum Gasteiger partial charge on any atom is -0.113 e. The highest BCUT2D eigenvalue weighted by Gasteiger charge is 2.16. The van der Waals surface area contributed by atoms with Crippen molar-refractivity contribution in [3.8, 4) is 0 Å². The molecule has 0 aliphatic carbocycles. The Morgan fingerprint density at radius 3 is 2.24 bits per heavy atom. The Morgan fingerprint density at radius 1 is 0.810 bits per heavy atom. The van der Waals surface area contributed by atoms with Gasteiger partial charge in [-0.15, -0.1) is 11.6 Å². The van der Waals surface area contributed by atoms with E-state index in [1.54, 1.807) is 0 Å². The molecule has 0 nitrogen and oxygen atoms in total. The third kappa shape index (κ3) is 2.56. The van der Waals surface area contributed by atoms with Gasteiger partial charge >= 0.3 is 0 Å². The molecule has 3 aromatic rings. The van der Waals surface area contributed by atoms with E-state index in [-0.39, 0.29) is 5.38 Å². The van der Waals surface area contributed by atoms with Gasteiger partial charge in [-0.25, -0.2) is 0 Å². The van der Waals surface area contributed by atoms with Crippen molar-refractivity contribution in [3.63, 3.8) is 0 Å². The Balaban J connectivity index is 2.18. The van der Waals surface area contributed by atoms with Gasteiger partial charge in [-0.05, 0) is 46.4 Å². The summed E-state index contributed by atoms with van der Waals surface area (Å²) in [4.78, 5) is 0. The van der Waals surface area contributed by atoms with E-state index in [0.717, 1.165) is 6.42 Å². The fourth-order valence-electron chi connectivity index (χ4n) is 2.97. The molecule has 3 aromatic carbocycles. The number of hydrogen-bond donors (Lipinski definition) is 0. The first kappa shape index (κ1) is 14.2. The molecule has 0 aliphatic rings. The molecule has 0 radical (unpaired) electrons. The SMILES string of the molecule is CCc1ccccc1C(Cl)c1ccc(C)c2ccccc12. The van der Waals surface area contributed by atoms with Gasteiger partial charge < -0.3 is 0 Å². The standard InChI is InChI=1S/C20H19Cl/c1-3-15-8-4-5-10-17(15)20(21)19-13-12-14(2)16-9-6-7-11-18(16)19/h4-13,20H,3H2,1-2H3. The summed E-state index contributed by atoms with van der Waals surface area (Å²) in [6, 6.07) is 21.3. The first-order chi connectivity index (χ1) is 10.2. The number of hydrogen-bond acceptors (Lipinski definition) is 0. The van der Waals surface area contributed by atoms with Gasteiger partial charge in [0.05, 0.1) is 5.38 Å². The maximum atomic E-state index is 6.85. The third-order valence-electron chi connectivity index (χ3n) is 4.16. The van der Waals surface area contributed by atoms with Gasteiger partial charge in [0.2, 0.25) is 0 Å². The predicted octanol–water partition coefficient (Wildman–Crippen LogP) is 6.04. The van der Waals surface area contributed by atoms with Gasteiger partial charge in [0.1, 0.15) is 0 Å². The number of aryl methyl sites for hydroxylation is 2. The van der Waals surface area contributed by atoms with Gasteiger partial charge in [-0.3, -0.25) is 0 Å². The van der Waals surface area contributed by atoms with Crippen LogP contribution >= 0.6 is 11.6 Å². The number of halogens is 1. The Labute approximate surface area is 131 Å². The van der Waals surface area contributed by atoms with E-state index in [1.807, 2.05) is 0 Å². The second-order valence-electron chi connectivity index (χ2n) is 5.43. The van der Waals surface area contributed by atoms with Crippen LogP contribution in [0, 0.1) is 6.92 Å². The van der Waals surface area contributed by atoms with Crippen LogP contribution in [-0.2, 0) is 6.42 Å². The van der Waals surface area contributed by atoms with Crippen molar-refractivity contribution in [3.05, 3.63) is 82.9 Å². The Kier molecular flexibility index (Phi) is 3.98. The van der Waals surface area contributed by atoms with Crippen LogP contribution in [0.2, 0.25) is 0 Å². The molecule has 0 N–H and O–H groups in total. The highest BCUT2D eigenvalue weighted by molar-refractivity contribution is 6.23. The van der Waals surface area contributed by atoms with Crippen molar-refractivity contribution in [1.82, 2.24) is 0 Å². The van der Waals surface area contributed by atoms with Crippen LogP contribution in [-0.4, -0.2) is 0 Å². The van der Waals surface area contributed by atoms with E-state index in [9.17, 15) is 0 Å². The molecule has 3 rings (SSSR count). The number of alkyl halides is 1. The van der Waals surface area contributed by atoms with Crippen molar-refractivity contribution >= 4 is 22.4 Å². The van der Waals surface area contributed by atoms with Crippen molar-refractivity contribution in [2.24, 2.45) is 0 Å². The molecule has 106 valence electrons. The van der Waals surface area contributed by atoms with Crippen LogP contribution in [0.3, 0.4) is 0 Å². The summed E-state index contributed by atoms with van der Waals surface area (Å²) < 4.78 is 0. The molecule has 1 atom stereocenters. The minimum absolute atomic E-state index is 0.105. The third-order valence-corrected chi connectivity index (χ3v) is 4.63. The van der Waals surface area contributed by atoms with Gasteiger partial charge in [0.25, 0.3) is 0 Å². The molecular formula is C20H19Cl. The second-order valence-corrected chi connectivity index (χ2v) is 5.87. The summed E-state index contributed by atoms with van der Waals surface area (Å²) in [7, 11) is 0. The predicted molar refractivity (Wildman–Crippen MR) is 92.2 cm³/mol. The fourth-order valence-corrected chi connectivity index (χ4v) is 3.37. The van der Waals surface area contributed by atoms with Crippen LogP contribution in [0.5, 0.6) is 0 Å². The molecule has 0 saturated heterocycles. The molecule has 1 unspecified atom stereocenters. The largest absolute Gasteiger partial charge is 0.113 e. The molecular weight excluding hydrogens is 276 g/mol. The monoisotopic (exact) mass is 294 g/mol. The maximum absolute atomic E-state index is 6.85. The van der Waals surface area contributed by atoms with E-state index in [2.05, 4.69) is 74.5 Å².